The molecular formula is C22H32FN11O. The van der Waals surface area contributed by atoms with E-state index in [1.165, 1.54) is 0 Å². The lowest BCUT2D eigenvalue weighted by Gasteiger charge is -2.35. The van der Waals surface area contributed by atoms with Crippen LogP contribution in [-0.4, -0.2) is 85.5 Å². The first-order valence-corrected chi connectivity index (χ1v) is 11.8. The summed E-state index contributed by atoms with van der Waals surface area (Å²) in [7, 11) is 0. The summed E-state index contributed by atoms with van der Waals surface area (Å²) in [4.78, 5) is 26.4. The Morgan fingerprint density at radius 2 is 1.94 bits per heavy atom. The molecule has 0 bridgehead atoms. The largest absolute Gasteiger partial charge is 0.373 e. The predicted octanol–water partition coefficient (Wildman–Crippen LogP) is 2.30. The van der Waals surface area contributed by atoms with Gasteiger partial charge in [0.2, 0.25) is 17.8 Å². The van der Waals surface area contributed by atoms with Crippen LogP contribution in [-0.2, 0) is 4.74 Å². The van der Waals surface area contributed by atoms with Gasteiger partial charge >= 0.3 is 0 Å². The fourth-order valence-electron chi connectivity index (χ4n) is 3.81. The van der Waals surface area contributed by atoms with Crippen LogP contribution in [0.5, 0.6) is 0 Å². The SMILES string of the molecule is CCN(CC)CC1CN(c2nc(Nc3cc(C)[nH]n3)nc(N[C@@H](C)c3ncc(F)cn3)n2)CCO1. The second-order valence-electron chi connectivity index (χ2n) is 8.39. The quantitative estimate of drug-likeness (QED) is 0.391. The number of aromatic nitrogens is 7. The number of hydrogen-bond donors (Lipinski definition) is 3. The van der Waals surface area contributed by atoms with Crippen molar-refractivity contribution in [1.82, 2.24) is 40.0 Å². The second-order valence-corrected chi connectivity index (χ2v) is 8.39. The first-order valence-electron chi connectivity index (χ1n) is 11.8. The van der Waals surface area contributed by atoms with E-state index in [1.54, 1.807) is 0 Å². The maximum Gasteiger partial charge on any atom is 0.235 e. The minimum Gasteiger partial charge on any atom is -0.373 e. The van der Waals surface area contributed by atoms with E-state index in [1.807, 2.05) is 19.9 Å². The first-order chi connectivity index (χ1) is 16.9. The van der Waals surface area contributed by atoms with Gasteiger partial charge in [-0.25, -0.2) is 14.4 Å². The van der Waals surface area contributed by atoms with Crippen LogP contribution >= 0.6 is 0 Å². The Morgan fingerprint density at radius 1 is 1.20 bits per heavy atom. The molecule has 12 nitrogen and oxygen atoms in total. The second kappa shape index (κ2) is 11.3. The Morgan fingerprint density at radius 3 is 2.63 bits per heavy atom. The van der Waals surface area contributed by atoms with Gasteiger partial charge in [0.25, 0.3) is 0 Å². The summed E-state index contributed by atoms with van der Waals surface area (Å²) >= 11 is 0. The third-order valence-electron chi connectivity index (χ3n) is 5.72. The molecule has 0 amide bonds. The van der Waals surface area contributed by atoms with Crippen LogP contribution in [0.3, 0.4) is 0 Å². The highest BCUT2D eigenvalue weighted by molar-refractivity contribution is 5.52. The minimum atomic E-state index is -0.490. The number of likely N-dealkylation sites (N-methyl/N-ethyl adjacent to an activating group) is 1. The molecule has 3 aromatic heterocycles. The number of nitrogens with zero attached hydrogens (tertiary/aromatic N) is 8. The van der Waals surface area contributed by atoms with Crippen LogP contribution in [0.2, 0.25) is 0 Å². The van der Waals surface area contributed by atoms with Crippen molar-refractivity contribution in [2.24, 2.45) is 0 Å². The Hall–Kier alpha value is -3.45. The third-order valence-corrected chi connectivity index (χ3v) is 5.72. The van der Waals surface area contributed by atoms with Crippen molar-refractivity contribution < 1.29 is 9.13 Å². The van der Waals surface area contributed by atoms with Gasteiger partial charge in [-0.1, -0.05) is 13.8 Å². The Labute approximate surface area is 203 Å². The van der Waals surface area contributed by atoms with Crippen molar-refractivity contribution in [2.75, 3.05) is 54.9 Å². The van der Waals surface area contributed by atoms with Gasteiger partial charge in [-0.3, -0.25) is 5.10 Å². The molecule has 2 atom stereocenters. The van der Waals surface area contributed by atoms with E-state index >= 15 is 0 Å². The van der Waals surface area contributed by atoms with Crippen molar-refractivity contribution in [3.8, 4) is 0 Å². The normalized spacial score (nSPS) is 17.0. The van der Waals surface area contributed by atoms with Crippen molar-refractivity contribution in [3.63, 3.8) is 0 Å². The van der Waals surface area contributed by atoms with Crippen molar-refractivity contribution >= 4 is 23.7 Å². The smallest absolute Gasteiger partial charge is 0.235 e. The summed E-state index contributed by atoms with van der Waals surface area (Å²) in [6.07, 6.45) is 2.32. The summed E-state index contributed by atoms with van der Waals surface area (Å²) in [6.45, 7) is 12.8. The fraction of sp³-hybridized carbons (Fsp3) is 0.545. The Kier molecular flexibility index (Phi) is 7.98. The van der Waals surface area contributed by atoms with E-state index in [0.29, 0.717) is 49.2 Å². The van der Waals surface area contributed by atoms with Crippen LogP contribution in [0.15, 0.2) is 18.5 Å². The van der Waals surface area contributed by atoms with E-state index in [9.17, 15) is 4.39 Å². The molecule has 0 saturated carbocycles. The average molecular weight is 486 g/mol. The standard InChI is InChI=1S/C22H32FN11O/c1-5-33(6-2)12-17-13-34(7-8-35-17)22-29-20(26-15(4)19-24-10-16(23)11-25-19)28-21(30-22)27-18-9-14(3)31-32-18/h9-11,15,17H,5-8,12-13H2,1-4H3,(H3,26,27,28,29,30,31,32)/t15-,17?/m0/s1. The van der Waals surface area contributed by atoms with E-state index in [4.69, 9.17) is 4.74 Å². The third kappa shape index (κ3) is 6.57. The summed E-state index contributed by atoms with van der Waals surface area (Å²) in [5.41, 5.74) is 0.912. The Balaban J connectivity index is 1.57. The zero-order valence-electron chi connectivity index (χ0n) is 20.5. The lowest BCUT2D eigenvalue weighted by molar-refractivity contribution is 0.0172. The van der Waals surface area contributed by atoms with E-state index in [-0.39, 0.29) is 12.1 Å². The summed E-state index contributed by atoms with van der Waals surface area (Å²) in [5.74, 6) is 1.76. The number of rotatable bonds is 10. The average Bonchev–Trinajstić information content (AvgIpc) is 3.27. The van der Waals surface area contributed by atoms with Gasteiger partial charge in [-0.2, -0.15) is 20.1 Å². The monoisotopic (exact) mass is 485 g/mol. The summed E-state index contributed by atoms with van der Waals surface area (Å²) in [5, 5.41) is 13.4. The van der Waals surface area contributed by atoms with Gasteiger partial charge in [-0.05, 0) is 26.9 Å². The topological polar surface area (TPSA) is 133 Å². The molecule has 0 aromatic carbocycles. The lowest BCUT2D eigenvalue weighted by Crippen LogP contribution is -2.48. The first kappa shape index (κ1) is 24.7. The van der Waals surface area contributed by atoms with Gasteiger partial charge in [0.1, 0.15) is 5.82 Å². The maximum atomic E-state index is 13.2. The fourth-order valence-corrected chi connectivity index (χ4v) is 3.81. The minimum absolute atomic E-state index is 0.0498. The molecule has 1 unspecified atom stereocenters. The molecule has 13 heteroatoms. The highest BCUT2D eigenvalue weighted by atomic mass is 19.1. The molecule has 4 heterocycles. The molecule has 0 radical (unpaired) electrons. The van der Waals surface area contributed by atoms with Crippen LogP contribution in [0, 0.1) is 12.7 Å². The molecule has 0 aliphatic carbocycles. The molecule has 35 heavy (non-hydrogen) atoms. The summed E-state index contributed by atoms with van der Waals surface area (Å²) < 4.78 is 19.2. The maximum absolute atomic E-state index is 13.2. The number of aromatic amines is 1. The van der Waals surface area contributed by atoms with Crippen LogP contribution < -0.4 is 15.5 Å². The van der Waals surface area contributed by atoms with Gasteiger partial charge in [0.15, 0.2) is 11.6 Å². The predicted molar refractivity (Wildman–Crippen MR) is 130 cm³/mol. The number of aryl methyl sites for hydroxylation is 1. The number of ether oxygens (including phenoxy) is 1. The highest BCUT2D eigenvalue weighted by Crippen LogP contribution is 2.21. The van der Waals surface area contributed by atoms with Crippen LogP contribution in [0.1, 0.15) is 38.3 Å². The zero-order chi connectivity index (χ0) is 24.8. The number of hydrogen-bond acceptors (Lipinski definition) is 11. The van der Waals surface area contributed by atoms with Crippen LogP contribution in [0.4, 0.5) is 28.1 Å². The number of halogens is 1. The molecule has 1 aliphatic heterocycles. The summed E-state index contributed by atoms with van der Waals surface area (Å²) in [6, 6.07) is 1.51. The molecule has 4 rings (SSSR count). The molecule has 0 spiro atoms. The van der Waals surface area contributed by atoms with Gasteiger partial charge in [0, 0.05) is 31.4 Å². The molecule has 3 aromatic rings. The zero-order valence-corrected chi connectivity index (χ0v) is 20.5. The molecule has 188 valence electrons. The molecule has 1 saturated heterocycles. The molecule has 3 N–H and O–H groups in total. The number of anilines is 4. The molecule has 1 aliphatic rings. The molecule has 1 fully saturated rings. The van der Waals surface area contributed by atoms with Crippen molar-refractivity contribution in [1.29, 1.82) is 0 Å². The van der Waals surface area contributed by atoms with Crippen molar-refractivity contribution in [3.05, 3.63) is 35.8 Å². The van der Waals surface area contributed by atoms with Crippen LogP contribution in [0.25, 0.3) is 0 Å². The highest BCUT2D eigenvalue weighted by Gasteiger charge is 2.25. The van der Waals surface area contributed by atoms with Gasteiger partial charge < -0.3 is 25.2 Å². The van der Waals surface area contributed by atoms with Gasteiger partial charge in [0.05, 0.1) is 31.1 Å². The van der Waals surface area contributed by atoms with Gasteiger partial charge in [-0.15, -0.1) is 0 Å². The Bertz CT molecular complexity index is 1090. The van der Waals surface area contributed by atoms with E-state index in [2.05, 4.69) is 69.4 Å². The van der Waals surface area contributed by atoms with E-state index in [0.717, 1.165) is 37.7 Å². The van der Waals surface area contributed by atoms with Crippen molar-refractivity contribution in [2.45, 2.75) is 39.8 Å². The lowest BCUT2D eigenvalue weighted by atomic mass is 10.2. The number of H-pyrrole nitrogens is 1. The number of nitrogens with one attached hydrogen (secondary N) is 3. The molecular weight excluding hydrogens is 453 g/mol. The van der Waals surface area contributed by atoms with E-state index < -0.39 is 5.82 Å². The number of morpholine rings is 1.